The molecule has 0 aliphatic rings. The number of benzene rings is 1. The van der Waals surface area contributed by atoms with Crippen LogP contribution in [0.5, 0.6) is 0 Å². The number of aliphatic hydroxyl groups excluding tert-OH is 1. The Morgan fingerprint density at radius 2 is 1.94 bits per heavy atom. The zero-order valence-electron chi connectivity index (χ0n) is 11.0. The van der Waals surface area contributed by atoms with E-state index in [4.69, 9.17) is 0 Å². The molecule has 3 nitrogen and oxygen atoms in total. The lowest BCUT2D eigenvalue weighted by Crippen LogP contribution is -2.04. The Kier molecular flexibility index (Phi) is 3.72. The van der Waals surface area contributed by atoms with Crippen molar-refractivity contribution in [1.82, 2.24) is 9.97 Å². The van der Waals surface area contributed by atoms with Crippen LogP contribution in [0.3, 0.4) is 0 Å². The van der Waals surface area contributed by atoms with Gasteiger partial charge in [-0.1, -0.05) is 24.3 Å². The minimum Gasteiger partial charge on any atom is -0.389 e. The molecular formula is C15H18N2O. The number of aryl methyl sites for hydroxylation is 2. The Morgan fingerprint density at radius 3 is 2.56 bits per heavy atom. The average Bonchev–Trinajstić information content (AvgIpc) is 2.32. The smallest absolute Gasteiger partial charge is 0.132 e. The van der Waals surface area contributed by atoms with E-state index in [0.717, 1.165) is 23.5 Å². The van der Waals surface area contributed by atoms with Gasteiger partial charge in [0.05, 0.1) is 6.10 Å². The van der Waals surface area contributed by atoms with Gasteiger partial charge in [0.1, 0.15) is 5.82 Å². The van der Waals surface area contributed by atoms with Gasteiger partial charge in [-0.3, -0.25) is 0 Å². The summed E-state index contributed by atoms with van der Waals surface area (Å²) in [5, 5.41) is 9.55. The van der Waals surface area contributed by atoms with Crippen LogP contribution in [0.15, 0.2) is 30.5 Å². The van der Waals surface area contributed by atoms with Crippen molar-refractivity contribution in [3.05, 3.63) is 58.7 Å². The van der Waals surface area contributed by atoms with Gasteiger partial charge in [0.2, 0.25) is 0 Å². The summed E-state index contributed by atoms with van der Waals surface area (Å²) in [5.41, 5.74) is 4.13. The fourth-order valence-corrected chi connectivity index (χ4v) is 2.00. The highest BCUT2D eigenvalue weighted by Gasteiger charge is 2.09. The van der Waals surface area contributed by atoms with E-state index in [1.807, 2.05) is 19.1 Å². The van der Waals surface area contributed by atoms with Gasteiger partial charge in [0.25, 0.3) is 0 Å². The van der Waals surface area contributed by atoms with E-state index < -0.39 is 6.10 Å². The fraction of sp³-hybridized carbons (Fsp3) is 0.333. The van der Waals surface area contributed by atoms with Crippen LogP contribution in [0.1, 0.15) is 41.2 Å². The molecule has 0 saturated carbocycles. The second-order valence-electron chi connectivity index (χ2n) is 4.61. The Hall–Kier alpha value is -1.74. The molecule has 3 heteroatoms. The third-order valence-electron chi connectivity index (χ3n) is 3.13. The van der Waals surface area contributed by atoms with Crippen LogP contribution >= 0.6 is 0 Å². The van der Waals surface area contributed by atoms with Crippen LogP contribution in [-0.2, 0) is 6.42 Å². The Morgan fingerprint density at radius 1 is 1.22 bits per heavy atom. The van der Waals surface area contributed by atoms with Crippen molar-refractivity contribution in [3.63, 3.8) is 0 Å². The minimum atomic E-state index is -0.516. The lowest BCUT2D eigenvalue weighted by Gasteiger charge is -2.10. The van der Waals surface area contributed by atoms with Gasteiger partial charge in [-0.25, -0.2) is 9.97 Å². The molecule has 2 rings (SSSR count). The third-order valence-corrected chi connectivity index (χ3v) is 3.13. The molecule has 0 amide bonds. The largest absolute Gasteiger partial charge is 0.389 e. The van der Waals surface area contributed by atoms with Crippen molar-refractivity contribution < 1.29 is 5.11 Å². The zero-order valence-corrected chi connectivity index (χ0v) is 11.0. The Labute approximate surface area is 108 Å². The van der Waals surface area contributed by atoms with Gasteiger partial charge in [0.15, 0.2) is 0 Å². The highest BCUT2D eigenvalue weighted by Crippen LogP contribution is 2.16. The summed E-state index contributed by atoms with van der Waals surface area (Å²) >= 11 is 0. The highest BCUT2D eigenvalue weighted by molar-refractivity contribution is 5.29. The van der Waals surface area contributed by atoms with Crippen LogP contribution in [0.25, 0.3) is 0 Å². The Bertz CT molecular complexity index is 550. The van der Waals surface area contributed by atoms with Crippen molar-refractivity contribution in [3.8, 4) is 0 Å². The molecule has 1 aromatic carbocycles. The van der Waals surface area contributed by atoms with Crippen LogP contribution in [0.4, 0.5) is 0 Å². The van der Waals surface area contributed by atoms with E-state index in [0.29, 0.717) is 0 Å². The van der Waals surface area contributed by atoms with Crippen molar-refractivity contribution in [2.45, 2.75) is 33.3 Å². The maximum atomic E-state index is 9.55. The first-order valence-corrected chi connectivity index (χ1v) is 6.13. The van der Waals surface area contributed by atoms with Crippen molar-refractivity contribution in [2.75, 3.05) is 0 Å². The third kappa shape index (κ3) is 2.74. The lowest BCUT2D eigenvalue weighted by atomic mass is 10.1. The van der Waals surface area contributed by atoms with Gasteiger partial charge >= 0.3 is 0 Å². The van der Waals surface area contributed by atoms with E-state index >= 15 is 0 Å². The molecule has 0 radical (unpaired) electrons. The molecule has 1 aromatic heterocycles. The number of hydrogen-bond donors (Lipinski definition) is 1. The summed E-state index contributed by atoms with van der Waals surface area (Å²) in [6.45, 7) is 5.73. The van der Waals surface area contributed by atoms with Crippen LogP contribution < -0.4 is 0 Å². The summed E-state index contributed by atoms with van der Waals surface area (Å²) in [6, 6.07) is 8.24. The van der Waals surface area contributed by atoms with Crippen LogP contribution in [0, 0.1) is 13.8 Å². The number of nitrogens with zero attached hydrogens (tertiary/aromatic N) is 2. The van der Waals surface area contributed by atoms with Gasteiger partial charge in [-0.2, -0.15) is 0 Å². The van der Waals surface area contributed by atoms with Gasteiger partial charge in [-0.15, -0.1) is 0 Å². The first-order valence-electron chi connectivity index (χ1n) is 6.13. The second kappa shape index (κ2) is 5.27. The zero-order chi connectivity index (χ0) is 13.1. The normalized spacial score (nSPS) is 12.4. The lowest BCUT2D eigenvalue weighted by molar-refractivity contribution is 0.197. The minimum absolute atomic E-state index is 0.516. The van der Waals surface area contributed by atoms with Gasteiger partial charge in [0, 0.05) is 23.9 Å². The molecule has 0 fully saturated rings. The van der Waals surface area contributed by atoms with E-state index in [1.165, 1.54) is 11.1 Å². The molecule has 18 heavy (non-hydrogen) atoms. The number of aromatic nitrogens is 2. The molecule has 0 unspecified atom stereocenters. The maximum Gasteiger partial charge on any atom is 0.132 e. The van der Waals surface area contributed by atoms with E-state index in [9.17, 15) is 5.11 Å². The summed E-state index contributed by atoms with van der Waals surface area (Å²) < 4.78 is 0. The molecule has 2 aromatic rings. The number of hydrogen-bond acceptors (Lipinski definition) is 3. The molecule has 0 saturated heterocycles. The summed E-state index contributed by atoms with van der Waals surface area (Å²) in [4.78, 5) is 8.79. The predicted molar refractivity (Wildman–Crippen MR) is 71.4 cm³/mol. The molecular weight excluding hydrogens is 224 g/mol. The molecule has 1 atom stereocenters. The van der Waals surface area contributed by atoms with Gasteiger partial charge in [-0.05, 0) is 31.9 Å². The first-order chi connectivity index (χ1) is 8.58. The van der Waals surface area contributed by atoms with E-state index in [1.54, 1.807) is 13.1 Å². The SMILES string of the molecule is Cc1ccccc1Cc1ncc([C@@H](C)O)c(C)n1. The van der Waals surface area contributed by atoms with Crippen LogP contribution in [-0.4, -0.2) is 15.1 Å². The maximum absolute atomic E-state index is 9.55. The van der Waals surface area contributed by atoms with Crippen LogP contribution in [0.2, 0.25) is 0 Å². The standard InChI is InChI=1S/C15H18N2O/c1-10-6-4-5-7-13(10)8-15-16-9-14(12(3)18)11(2)17-15/h4-7,9,12,18H,8H2,1-3H3/t12-/m1/s1. The first kappa shape index (κ1) is 12.7. The van der Waals surface area contributed by atoms with E-state index in [-0.39, 0.29) is 0 Å². The predicted octanol–water partition coefficient (Wildman–Crippen LogP) is 2.74. The summed E-state index contributed by atoms with van der Waals surface area (Å²) in [6.07, 6.45) is 1.94. The highest BCUT2D eigenvalue weighted by atomic mass is 16.3. The molecule has 1 N–H and O–H groups in total. The average molecular weight is 242 g/mol. The van der Waals surface area contributed by atoms with Gasteiger partial charge < -0.3 is 5.11 Å². The number of rotatable bonds is 3. The molecule has 94 valence electrons. The molecule has 1 heterocycles. The quantitative estimate of drug-likeness (QED) is 0.900. The van der Waals surface area contributed by atoms with Crippen molar-refractivity contribution >= 4 is 0 Å². The Balaban J connectivity index is 2.26. The fourth-order valence-electron chi connectivity index (χ4n) is 2.00. The monoisotopic (exact) mass is 242 g/mol. The number of aliphatic hydroxyl groups is 1. The summed E-state index contributed by atoms with van der Waals surface area (Å²) in [5.74, 6) is 0.797. The van der Waals surface area contributed by atoms with Crippen molar-refractivity contribution in [2.24, 2.45) is 0 Å². The second-order valence-corrected chi connectivity index (χ2v) is 4.61. The molecule has 0 aliphatic carbocycles. The molecule has 0 spiro atoms. The summed E-state index contributed by atoms with van der Waals surface area (Å²) in [7, 11) is 0. The molecule has 0 aliphatic heterocycles. The van der Waals surface area contributed by atoms with Crippen molar-refractivity contribution in [1.29, 1.82) is 0 Å². The van der Waals surface area contributed by atoms with E-state index in [2.05, 4.69) is 29.0 Å². The topological polar surface area (TPSA) is 46.0 Å². The molecule has 0 bridgehead atoms.